The van der Waals surface area contributed by atoms with Crippen molar-refractivity contribution in [2.75, 3.05) is 0 Å². The first-order valence-corrected chi connectivity index (χ1v) is 9.17. The Morgan fingerprint density at radius 2 is 1.96 bits per heavy atom. The Hall–Kier alpha value is -2.34. The number of aliphatic carboxylic acids is 1. The Morgan fingerprint density at radius 1 is 1.37 bits per heavy atom. The smallest absolute Gasteiger partial charge is 0.408 e. The number of nitrogens with two attached hydrogens (primary N) is 1. The molecule has 0 saturated heterocycles. The Labute approximate surface area is 161 Å². The summed E-state index contributed by atoms with van der Waals surface area (Å²) in [4.78, 5) is 22.6. The Morgan fingerprint density at radius 3 is 2.37 bits per heavy atom. The van der Waals surface area contributed by atoms with Crippen molar-refractivity contribution in [3.8, 4) is 0 Å². The van der Waals surface area contributed by atoms with Crippen LogP contribution in [0.4, 0.5) is 4.79 Å². The van der Waals surface area contributed by atoms with E-state index < -0.39 is 23.5 Å². The largest absolute Gasteiger partial charge is 0.480 e. The zero-order valence-corrected chi connectivity index (χ0v) is 16.6. The Balaban J connectivity index is 0.000000337. The van der Waals surface area contributed by atoms with Gasteiger partial charge >= 0.3 is 12.1 Å². The summed E-state index contributed by atoms with van der Waals surface area (Å²) < 4.78 is 5.14. The number of ether oxygens (including phenoxy) is 1. The molecule has 150 valence electrons. The van der Waals surface area contributed by atoms with E-state index in [1.807, 2.05) is 37.3 Å². The van der Waals surface area contributed by atoms with Gasteiger partial charge in [0.25, 0.3) is 0 Å². The van der Waals surface area contributed by atoms with Crippen LogP contribution in [-0.2, 0) is 9.53 Å². The second-order valence-corrected chi connectivity index (χ2v) is 7.94. The van der Waals surface area contributed by atoms with Gasteiger partial charge in [0, 0.05) is 12.0 Å². The summed E-state index contributed by atoms with van der Waals surface area (Å²) in [5, 5.41) is 11.5. The molecule has 1 amide bonds. The number of carboxylic acids is 1. The van der Waals surface area contributed by atoms with Gasteiger partial charge in [0.2, 0.25) is 0 Å². The third kappa shape index (κ3) is 8.26. The van der Waals surface area contributed by atoms with Crippen LogP contribution < -0.4 is 11.1 Å². The van der Waals surface area contributed by atoms with Crippen molar-refractivity contribution in [1.29, 1.82) is 0 Å². The number of carboxylic acid groups (broad SMARTS) is 1. The van der Waals surface area contributed by atoms with Gasteiger partial charge in [-0.3, -0.25) is 0 Å². The molecule has 1 aliphatic rings. The van der Waals surface area contributed by atoms with Gasteiger partial charge in [0.05, 0.1) is 0 Å². The lowest BCUT2D eigenvalue weighted by Gasteiger charge is -2.27. The van der Waals surface area contributed by atoms with Crippen molar-refractivity contribution in [3.63, 3.8) is 0 Å². The highest BCUT2D eigenvalue weighted by Gasteiger charge is 2.41. The van der Waals surface area contributed by atoms with E-state index in [1.54, 1.807) is 26.8 Å². The highest BCUT2D eigenvalue weighted by Crippen LogP contribution is 2.37. The third-order valence-electron chi connectivity index (χ3n) is 4.29. The normalized spacial score (nSPS) is 20.3. The van der Waals surface area contributed by atoms with Crippen LogP contribution in [0.2, 0.25) is 0 Å². The van der Waals surface area contributed by atoms with Crippen molar-refractivity contribution >= 4 is 12.1 Å². The van der Waals surface area contributed by atoms with E-state index in [-0.39, 0.29) is 12.1 Å². The van der Waals surface area contributed by atoms with E-state index in [0.29, 0.717) is 5.92 Å². The predicted molar refractivity (Wildman–Crippen MR) is 106 cm³/mol. The van der Waals surface area contributed by atoms with Crippen molar-refractivity contribution in [2.24, 2.45) is 17.1 Å². The summed E-state index contributed by atoms with van der Waals surface area (Å²) in [6, 6.07) is 9.26. The van der Waals surface area contributed by atoms with Crippen molar-refractivity contribution in [3.05, 3.63) is 48.6 Å². The second-order valence-electron chi connectivity index (χ2n) is 7.94. The lowest BCUT2D eigenvalue weighted by Crippen LogP contribution is -2.49. The van der Waals surface area contributed by atoms with E-state index in [9.17, 15) is 9.59 Å². The number of alkyl carbamates (subject to hydrolysis) is 1. The average molecular weight is 376 g/mol. The molecule has 1 aromatic carbocycles. The van der Waals surface area contributed by atoms with E-state index in [2.05, 4.69) is 11.9 Å². The van der Waals surface area contributed by atoms with Gasteiger partial charge in [-0.25, -0.2) is 9.59 Å². The molecule has 27 heavy (non-hydrogen) atoms. The van der Waals surface area contributed by atoms with Gasteiger partial charge in [-0.15, -0.1) is 6.58 Å². The van der Waals surface area contributed by atoms with Crippen LogP contribution in [-0.4, -0.2) is 29.3 Å². The van der Waals surface area contributed by atoms with Gasteiger partial charge < -0.3 is 20.9 Å². The maximum atomic E-state index is 11.6. The predicted octanol–water partition coefficient (Wildman–Crippen LogP) is 3.88. The molecule has 0 heterocycles. The maximum Gasteiger partial charge on any atom is 0.408 e. The van der Waals surface area contributed by atoms with Crippen molar-refractivity contribution in [1.82, 2.24) is 5.32 Å². The van der Waals surface area contributed by atoms with Crippen LogP contribution in [0.25, 0.3) is 0 Å². The lowest BCUT2D eigenvalue weighted by molar-refractivity contribution is -0.142. The van der Waals surface area contributed by atoms with Crippen LogP contribution in [0.1, 0.15) is 52.1 Å². The van der Waals surface area contributed by atoms with E-state index in [0.717, 1.165) is 12.8 Å². The van der Waals surface area contributed by atoms with Gasteiger partial charge in [0.15, 0.2) is 0 Å². The zero-order valence-electron chi connectivity index (χ0n) is 16.6. The lowest BCUT2D eigenvalue weighted by atomic mass is 9.87. The molecular formula is C21H32N2O4. The van der Waals surface area contributed by atoms with E-state index >= 15 is 0 Å². The molecule has 0 spiro atoms. The van der Waals surface area contributed by atoms with Crippen LogP contribution in [0, 0.1) is 11.3 Å². The third-order valence-corrected chi connectivity index (χ3v) is 4.29. The van der Waals surface area contributed by atoms with Crippen molar-refractivity contribution in [2.45, 2.75) is 58.7 Å². The number of benzene rings is 1. The van der Waals surface area contributed by atoms with Gasteiger partial charge in [-0.2, -0.15) is 0 Å². The molecule has 2 rings (SSSR count). The Bertz CT molecular complexity index is 623. The quantitative estimate of drug-likeness (QED) is 0.654. The average Bonchev–Trinajstić information content (AvgIpc) is 3.30. The van der Waals surface area contributed by atoms with Gasteiger partial charge in [-0.05, 0) is 30.7 Å². The SMILES string of the molecule is C=CC[C@@H]1C[C@H]1OC(=O)N[C@H](C(=O)O)C(C)(C)C.CC(N)c1ccccc1. The number of carbonyl (C=O) groups excluding carboxylic acids is 1. The molecule has 1 unspecified atom stereocenters. The molecule has 1 aromatic rings. The molecular weight excluding hydrogens is 344 g/mol. The minimum Gasteiger partial charge on any atom is -0.480 e. The minimum absolute atomic E-state index is 0.0996. The molecule has 4 N–H and O–H groups in total. The molecule has 1 saturated carbocycles. The summed E-state index contributed by atoms with van der Waals surface area (Å²) >= 11 is 0. The first-order valence-electron chi connectivity index (χ1n) is 9.17. The summed E-state index contributed by atoms with van der Waals surface area (Å²) in [6.45, 7) is 10.9. The minimum atomic E-state index is -1.06. The van der Waals surface area contributed by atoms with Gasteiger partial charge in [0.1, 0.15) is 12.1 Å². The number of carbonyl (C=O) groups is 2. The first kappa shape index (κ1) is 22.7. The number of hydrogen-bond acceptors (Lipinski definition) is 4. The second kappa shape index (κ2) is 10.1. The molecule has 1 fully saturated rings. The standard InChI is InChI=1S/C13H21NO4.C8H11N/c1-5-6-8-7-9(8)18-12(17)14-10(11(15)16)13(2,3)4;1-7(9)8-5-3-2-4-6-8/h5,8-10H,1,6-7H2,2-4H3,(H,14,17)(H,15,16);2-7H,9H2,1H3/t8-,9-,10-;/m1./s1. The molecule has 4 atom stereocenters. The molecule has 0 radical (unpaired) electrons. The number of hydrogen-bond donors (Lipinski definition) is 3. The van der Waals surface area contributed by atoms with Crippen LogP contribution >= 0.6 is 0 Å². The van der Waals surface area contributed by atoms with Crippen LogP contribution in [0.3, 0.4) is 0 Å². The molecule has 0 bridgehead atoms. The first-order chi connectivity index (χ1) is 12.6. The maximum absolute atomic E-state index is 11.6. The van der Waals surface area contributed by atoms with Crippen LogP contribution in [0.5, 0.6) is 0 Å². The number of nitrogens with one attached hydrogen (secondary N) is 1. The molecule has 6 heteroatoms. The number of allylic oxidation sites excluding steroid dienone is 1. The fourth-order valence-corrected chi connectivity index (χ4v) is 2.52. The highest BCUT2D eigenvalue weighted by atomic mass is 16.6. The topological polar surface area (TPSA) is 102 Å². The summed E-state index contributed by atoms with van der Waals surface area (Å²) in [5.41, 5.74) is 6.25. The van der Waals surface area contributed by atoms with E-state index in [1.165, 1.54) is 5.56 Å². The molecule has 0 aromatic heterocycles. The number of amides is 1. The van der Waals surface area contributed by atoms with Crippen molar-refractivity contribution < 1.29 is 19.4 Å². The van der Waals surface area contributed by atoms with E-state index in [4.69, 9.17) is 15.6 Å². The van der Waals surface area contributed by atoms with Gasteiger partial charge in [-0.1, -0.05) is 57.2 Å². The fourth-order valence-electron chi connectivity index (χ4n) is 2.52. The summed E-state index contributed by atoms with van der Waals surface area (Å²) in [5.74, 6) is -0.718. The summed E-state index contributed by atoms with van der Waals surface area (Å²) in [7, 11) is 0. The highest BCUT2D eigenvalue weighted by molar-refractivity contribution is 5.80. The van der Waals surface area contributed by atoms with Crippen LogP contribution in [0.15, 0.2) is 43.0 Å². The molecule has 1 aliphatic carbocycles. The monoisotopic (exact) mass is 376 g/mol. The fraction of sp³-hybridized carbons (Fsp3) is 0.524. The molecule has 0 aliphatic heterocycles. The zero-order chi connectivity index (χ0) is 20.6. The Kier molecular flexibility index (Phi) is 8.50. The number of rotatable bonds is 6. The summed E-state index contributed by atoms with van der Waals surface area (Å²) in [6.07, 6.45) is 2.68. The molecule has 6 nitrogen and oxygen atoms in total.